The molecule has 0 spiro atoms. The van der Waals surface area contributed by atoms with Crippen LogP contribution in [0.25, 0.3) is 0 Å². The highest BCUT2D eigenvalue weighted by atomic mass is 79.9. The van der Waals surface area contributed by atoms with Crippen LogP contribution in [0.3, 0.4) is 0 Å². The van der Waals surface area contributed by atoms with Gasteiger partial charge in [0.1, 0.15) is 18.1 Å². The molecule has 1 aliphatic rings. The van der Waals surface area contributed by atoms with Crippen molar-refractivity contribution in [1.82, 2.24) is 0 Å². The van der Waals surface area contributed by atoms with Crippen LogP contribution < -0.4 is 14.2 Å². The van der Waals surface area contributed by atoms with E-state index in [1.165, 1.54) is 12.1 Å². The van der Waals surface area contributed by atoms with Gasteiger partial charge in [-0.1, -0.05) is 0 Å². The van der Waals surface area contributed by atoms with E-state index in [-0.39, 0.29) is 5.69 Å². The van der Waals surface area contributed by atoms with E-state index in [0.29, 0.717) is 41.3 Å². The fourth-order valence-electron chi connectivity index (χ4n) is 2.06. The van der Waals surface area contributed by atoms with Crippen molar-refractivity contribution in [2.24, 2.45) is 0 Å². The molecule has 0 saturated heterocycles. The second-order valence-corrected chi connectivity index (χ2v) is 7.26. The third-order valence-electron chi connectivity index (χ3n) is 3.17. The zero-order valence-electron chi connectivity index (χ0n) is 11.8. The minimum absolute atomic E-state index is 0.0309. The Hall–Kier alpha value is -1.94. The highest BCUT2D eigenvalue weighted by molar-refractivity contribution is 9.10. The highest BCUT2D eigenvalue weighted by Crippen LogP contribution is 2.39. The number of benzene rings is 2. The van der Waals surface area contributed by atoms with E-state index >= 15 is 0 Å². The van der Waals surface area contributed by atoms with Crippen molar-refractivity contribution in [3.05, 3.63) is 46.2 Å². The normalized spacial score (nSPS) is 13.7. The van der Waals surface area contributed by atoms with Crippen molar-refractivity contribution >= 4 is 31.6 Å². The zero-order chi connectivity index (χ0) is 17.5. The lowest BCUT2D eigenvalue weighted by atomic mass is 10.2. The second kappa shape index (κ2) is 6.17. The number of sulfonamides is 1. The maximum Gasteiger partial charge on any atom is 0.264 e. The van der Waals surface area contributed by atoms with Crippen molar-refractivity contribution in [1.29, 1.82) is 0 Å². The van der Waals surface area contributed by atoms with Crippen molar-refractivity contribution in [3.8, 4) is 11.5 Å². The number of halogens is 4. The number of nitrogens with one attached hydrogen (secondary N) is 1. The fourth-order valence-corrected chi connectivity index (χ4v) is 3.75. The number of ether oxygens (including phenoxy) is 2. The monoisotopic (exact) mass is 423 g/mol. The molecule has 5 nitrogen and oxygen atoms in total. The van der Waals surface area contributed by atoms with E-state index in [9.17, 15) is 21.6 Å². The summed E-state index contributed by atoms with van der Waals surface area (Å²) in [4.78, 5) is -1.01. The summed E-state index contributed by atoms with van der Waals surface area (Å²) in [5.74, 6) is -4.43. The van der Waals surface area contributed by atoms with Crippen LogP contribution >= 0.6 is 15.9 Å². The molecular formula is C14H9BrF3NO4S. The molecule has 0 saturated carbocycles. The molecule has 0 aliphatic carbocycles. The molecule has 0 atom stereocenters. The Balaban J connectivity index is 2.00. The summed E-state index contributed by atoms with van der Waals surface area (Å²) in [6.45, 7) is 0.642. The van der Waals surface area contributed by atoms with Gasteiger partial charge in [0.2, 0.25) is 0 Å². The smallest absolute Gasteiger partial charge is 0.264 e. The molecule has 128 valence electrons. The molecule has 0 aromatic heterocycles. The molecule has 1 aliphatic heterocycles. The average molecular weight is 424 g/mol. The predicted octanol–water partition coefficient (Wildman–Crippen LogP) is 3.44. The fraction of sp³-hybridized carbons (Fsp3) is 0.143. The molecule has 0 unspecified atom stereocenters. The lowest BCUT2D eigenvalue weighted by Gasteiger charge is -2.20. The SMILES string of the molecule is O=S(=O)(Nc1cc2c(cc1Br)OCCO2)c1ccc(F)c(F)c1F. The molecule has 24 heavy (non-hydrogen) atoms. The first-order valence-electron chi connectivity index (χ1n) is 6.55. The zero-order valence-corrected chi connectivity index (χ0v) is 14.2. The Bertz CT molecular complexity index is 921. The van der Waals surface area contributed by atoms with Gasteiger partial charge in [0, 0.05) is 16.6 Å². The third-order valence-corrected chi connectivity index (χ3v) is 5.20. The van der Waals surface area contributed by atoms with Gasteiger partial charge in [-0.3, -0.25) is 4.72 Å². The Morgan fingerprint density at radius 3 is 2.29 bits per heavy atom. The quantitative estimate of drug-likeness (QED) is 0.768. The van der Waals surface area contributed by atoms with Crippen LogP contribution in [0.2, 0.25) is 0 Å². The summed E-state index contributed by atoms with van der Waals surface area (Å²) >= 11 is 3.15. The molecule has 0 amide bonds. The first kappa shape index (κ1) is 16.9. The van der Waals surface area contributed by atoms with Gasteiger partial charge in [0.15, 0.2) is 29.0 Å². The van der Waals surface area contributed by atoms with Crippen LogP contribution in [0.1, 0.15) is 0 Å². The second-order valence-electron chi connectivity index (χ2n) is 4.75. The van der Waals surface area contributed by atoms with Gasteiger partial charge in [-0.05, 0) is 28.1 Å². The first-order valence-corrected chi connectivity index (χ1v) is 8.82. The topological polar surface area (TPSA) is 64.6 Å². The largest absolute Gasteiger partial charge is 0.486 e. The van der Waals surface area contributed by atoms with Crippen LogP contribution in [0, 0.1) is 17.5 Å². The van der Waals surface area contributed by atoms with Crippen LogP contribution in [-0.4, -0.2) is 21.6 Å². The molecule has 1 N–H and O–H groups in total. The van der Waals surface area contributed by atoms with Gasteiger partial charge in [0.25, 0.3) is 10.0 Å². The van der Waals surface area contributed by atoms with E-state index in [0.717, 1.165) is 0 Å². The van der Waals surface area contributed by atoms with E-state index in [1.807, 2.05) is 0 Å². The summed E-state index contributed by atoms with van der Waals surface area (Å²) in [5, 5.41) is 0. The van der Waals surface area contributed by atoms with Crippen molar-refractivity contribution in [2.75, 3.05) is 17.9 Å². The number of hydrogen-bond acceptors (Lipinski definition) is 4. The molecule has 0 fully saturated rings. The van der Waals surface area contributed by atoms with Crippen molar-refractivity contribution in [2.45, 2.75) is 4.90 Å². The summed E-state index contributed by atoms with van der Waals surface area (Å²) in [7, 11) is -4.49. The maximum absolute atomic E-state index is 13.7. The van der Waals surface area contributed by atoms with Crippen LogP contribution in [0.4, 0.5) is 18.9 Å². The number of hydrogen-bond donors (Lipinski definition) is 1. The molecule has 2 aromatic carbocycles. The van der Waals surface area contributed by atoms with Crippen LogP contribution in [0.5, 0.6) is 11.5 Å². The van der Waals surface area contributed by atoms with E-state index in [1.54, 1.807) is 0 Å². The van der Waals surface area contributed by atoms with E-state index < -0.39 is 32.4 Å². The van der Waals surface area contributed by atoms with Crippen molar-refractivity contribution < 1.29 is 31.1 Å². The number of rotatable bonds is 3. The molecular weight excluding hydrogens is 415 g/mol. The molecule has 0 bridgehead atoms. The van der Waals surface area contributed by atoms with Gasteiger partial charge in [0.05, 0.1) is 5.69 Å². The Morgan fingerprint density at radius 2 is 1.62 bits per heavy atom. The van der Waals surface area contributed by atoms with Gasteiger partial charge in [-0.15, -0.1) is 0 Å². The molecule has 10 heteroatoms. The Labute approximate surface area is 143 Å². The molecule has 0 radical (unpaired) electrons. The number of anilines is 1. The maximum atomic E-state index is 13.7. The van der Waals surface area contributed by atoms with Gasteiger partial charge in [-0.25, -0.2) is 21.6 Å². The third kappa shape index (κ3) is 3.03. The molecule has 1 heterocycles. The molecule has 2 aromatic rings. The van der Waals surface area contributed by atoms with Crippen LogP contribution in [0.15, 0.2) is 33.6 Å². The van der Waals surface area contributed by atoms with Gasteiger partial charge in [-0.2, -0.15) is 0 Å². The first-order chi connectivity index (χ1) is 11.3. The minimum Gasteiger partial charge on any atom is -0.486 e. The summed E-state index contributed by atoms with van der Waals surface area (Å²) in [6.07, 6.45) is 0. The summed E-state index contributed by atoms with van der Waals surface area (Å²) < 4.78 is 77.6. The Kier molecular flexibility index (Phi) is 4.35. The predicted molar refractivity (Wildman–Crippen MR) is 82.3 cm³/mol. The molecule has 3 rings (SSSR count). The summed E-state index contributed by atoms with van der Waals surface area (Å²) in [5.41, 5.74) is 0.0309. The van der Waals surface area contributed by atoms with E-state index in [2.05, 4.69) is 20.7 Å². The van der Waals surface area contributed by atoms with Gasteiger partial charge < -0.3 is 9.47 Å². The highest BCUT2D eigenvalue weighted by Gasteiger charge is 2.25. The lowest BCUT2D eigenvalue weighted by Crippen LogP contribution is -2.18. The minimum atomic E-state index is -4.49. The number of fused-ring (bicyclic) bond motifs is 1. The van der Waals surface area contributed by atoms with Crippen molar-refractivity contribution in [3.63, 3.8) is 0 Å². The van der Waals surface area contributed by atoms with E-state index in [4.69, 9.17) is 9.47 Å². The average Bonchev–Trinajstić information content (AvgIpc) is 2.53. The van der Waals surface area contributed by atoms with Gasteiger partial charge >= 0.3 is 0 Å². The lowest BCUT2D eigenvalue weighted by molar-refractivity contribution is 0.171. The summed E-state index contributed by atoms with van der Waals surface area (Å²) in [6, 6.07) is 4.00. The van der Waals surface area contributed by atoms with Crippen LogP contribution in [-0.2, 0) is 10.0 Å². The Morgan fingerprint density at radius 1 is 1.00 bits per heavy atom. The standard InChI is InChI=1S/C14H9BrF3NO4S/c15-7-5-10-11(23-4-3-22-10)6-9(7)19-24(20,21)12-2-1-8(16)13(17)14(12)18/h1-2,5-6,19H,3-4H2.